The van der Waals surface area contributed by atoms with Crippen LogP contribution in [0, 0.1) is 11.6 Å². The molecule has 1 amide bonds. The van der Waals surface area contributed by atoms with Gasteiger partial charge in [-0.2, -0.15) is 0 Å². The summed E-state index contributed by atoms with van der Waals surface area (Å²) in [6.07, 6.45) is 7.69. The second-order valence-corrected chi connectivity index (χ2v) is 7.96. The van der Waals surface area contributed by atoms with Crippen LogP contribution >= 0.6 is 0 Å². The van der Waals surface area contributed by atoms with E-state index in [4.69, 9.17) is 0 Å². The highest BCUT2D eigenvalue weighted by atomic mass is 19.2. The molecule has 0 spiro atoms. The van der Waals surface area contributed by atoms with Gasteiger partial charge in [-0.1, -0.05) is 18.2 Å². The standard InChI is InChI=1S/C24H20F2N4O3/c25-17-12-15-6-2-1-5-10-28-14-30(29-11-8-20(31)23(32)22(29)24(28)33)21(16(15)13-18(17)26)19-7-3-4-9-27-19/h1,3-5,7-9,11-13,21,32H,2,6,10,14H2/b5-1+/t21-/m0/s1. The number of fused-ring (bicyclic) bond motifs is 5. The Morgan fingerprint density at radius 2 is 1.88 bits per heavy atom. The lowest BCUT2D eigenvalue weighted by molar-refractivity contribution is 0.0701. The average Bonchev–Trinajstić information content (AvgIpc) is 2.84. The number of aromatic nitrogens is 2. The molecule has 4 heterocycles. The van der Waals surface area contributed by atoms with Crippen LogP contribution in [0.4, 0.5) is 8.78 Å². The predicted molar refractivity (Wildman–Crippen MR) is 116 cm³/mol. The zero-order valence-corrected chi connectivity index (χ0v) is 17.5. The maximum absolute atomic E-state index is 14.5. The SMILES string of the molecule is O=C1c2c(O)c(=O)ccn2N2CN1C/C=C/CCc1cc(F)c(F)cc1[C@H]2c1ccccn1. The molecule has 0 unspecified atom stereocenters. The van der Waals surface area contributed by atoms with Gasteiger partial charge in [-0.25, -0.2) is 8.78 Å². The van der Waals surface area contributed by atoms with Crippen LogP contribution in [0.5, 0.6) is 5.75 Å². The Kier molecular flexibility index (Phi) is 5.16. The molecule has 0 aliphatic carbocycles. The Bertz CT molecular complexity index is 1320. The lowest BCUT2D eigenvalue weighted by Gasteiger charge is -2.43. The minimum Gasteiger partial charge on any atom is -0.502 e. The van der Waals surface area contributed by atoms with Gasteiger partial charge in [0.15, 0.2) is 23.1 Å². The second kappa shape index (κ2) is 8.16. The average molecular weight is 450 g/mol. The monoisotopic (exact) mass is 450 g/mol. The number of carbonyl (C=O) groups excluding carboxylic acids is 1. The van der Waals surface area contributed by atoms with Gasteiger partial charge in [0.2, 0.25) is 5.43 Å². The summed E-state index contributed by atoms with van der Waals surface area (Å²) in [6.45, 7) is 0.310. The van der Waals surface area contributed by atoms with Crippen molar-refractivity contribution in [3.05, 3.63) is 105 Å². The third-order valence-electron chi connectivity index (χ3n) is 5.95. The lowest BCUT2D eigenvalue weighted by Crippen LogP contribution is -2.55. The van der Waals surface area contributed by atoms with Crippen LogP contribution in [0.3, 0.4) is 0 Å². The minimum absolute atomic E-state index is 0.0676. The fraction of sp³-hybridized carbons (Fsp3) is 0.208. The van der Waals surface area contributed by atoms with Crippen molar-refractivity contribution in [1.29, 1.82) is 0 Å². The molecule has 0 radical (unpaired) electrons. The Balaban J connectivity index is 1.82. The van der Waals surface area contributed by atoms with Crippen LogP contribution in [0.25, 0.3) is 0 Å². The molecule has 168 valence electrons. The van der Waals surface area contributed by atoms with E-state index in [1.807, 2.05) is 12.2 Å². The van der Waals surface area contributed by atoms with Gasteiger partial charge in [-0.3, -0.25) is 24.3 Å². The third kappa shape index (κ3) is 3.55. The Hall–Kier alpha value is -4.01. The van der Waals surface area contributed by atoms with Gasteiger partial charge in [0.25, 0.3) is 5.91 Å². The van der Waals surface area contributed by atoms with Crippen molar-refractivity contribution >= 4 is 5.91 Å². The normalized spacial score (nSPS) is 18.8. The molecule has 9 heteroatoms. The highest BCUT2D eigenvalue weighted by Gasteiger charge is 2.37. The van der Waals surface area contributed by atoms with Gasteiger partial charge in [0.1, 0.15) is 12.7 Å². The molecule has 2 aliphatic heterocycles. The smallest absolute Gasteiger partial charge is 0.278 e. The lowest BCUT2D eigenvalue weighted by atomic mass is 9.93. The van der Waals surface area contributed by atoms with Gasteiger partial charge in [0.05, 0.1) is 5.69 Å². The molecule has 2 aliphatic rings. The molecule has 0 fully saturated rings. The van der Waals surface area contributed by atoms with E-state index in [9.17, 15) is 23.5 Å². The number of benzene rings is 1. The summed E-state index contributed by atoms with van der Waals surface area (Å²) >= 11 is 0. The molecule has 1 aromatic carbocycles. The van der Waals surface area contributed by atoms with Crippen molar-refractivity contribution < 1.29 is 18.7 Å². The molecule has 5 rings (SSSR count). The first-order chi connectivity index (χ1) is 16.0. The molecule has 0 saturated heterocycles. The summed E-state index contributed by atoms with van der Waals surface area (Å²) in [7, 11) is 0. The van der Waals surface area contributed by atoms with Gasteiger partial charge in [-0.05, 0) is 48.2 Å². The number of halogens is 2. The number of aromatic hydroxyl groups is 1. The van der Waals surface area contributed by atoms with Crippen LogP contribution in [-0.2, 0) is 6.42 Å². The summed E-state index contributed by atoms with van der Waals surface area (Å²) in [6, 6.07) is 8.08. The van der Waals surface area contributed by atoms with E-state index < -0.39 is 34.8 Å². The van der Waals surface area contributed by atoms with E-state index in [0.29, 0.717) is 29.7 Å². The summed E-state index contributed by atoms with van der Waals surface area (Å²) in [5, 5.41) is 12.2. The van der Waals surface area contributed by atoms with Crippen molar-refractivity contribution in [2.75, 3.05) is 18.2 Å². The van der Waals surface area contributed by atoms with Crippen LogP contribution in [0.15, 0.2) is 65.7 Å². The maximum atomic E-state index is 14.5. The number of rotatable bonds is 1. The van der Waals surface area contributed by atoms with Gasteiger partial charge >= 0.3 is 0 Å². The largest absolute Gasteiger partial charge is 0.502 e. The third-order valence-corrected chi connectivity index (χ3v) is 5.95. The fourth-order valence-electron chi connectivity index (χ4n) is 4.38. The zero-order valence-electron chi connectivity index (χ0n) is 17.5. The molecular formula is C24H20F2N4O3. The maximum Gasteiger partial charge on any atom is 0.278 e. The van der Waals surface area contributed by atoms with Crippen molar-refractivity contribution in [3.63, 3.8) is 0 Å². The van der Waals surface area contributed by atoms with E-state index in [2.05, 4.69) is 4.98 Å². The summed E-state index contributed by atoms with van der Waals surface area (Å²) in [5.41, 5.74) is 0.758. The molecule has 1 N–H and O–H groups in total. The van der Waals surface area contributed by atoms with Gasteiger partial charge < -0.3 is 10.0 Å². The van der Waals surface area contributed by atoms with Gasteiger partial charge in [0, 0.05) is 25.0 Å². The second-order valence-electron chi connectivity index (χ2n) is 7.96. The number of hydrogen-bond acceptors (Lipinski definition) is 5. The predicted octanol–water partition coefficient (Wildman–Crippen LogP) is 2.87. The van der Waals surface area contributed by atoms with E-state index in [1.165, 1.54) is 21.8 Å². The van der Waals surface area contributed by atoms with Crippen molar-refractivity contribution in [2.24, 2.45) is 0 Å². The number of aryl methyl sites for hydroxylation is 1. The molecule has 3 aromatic rings. The van der Waals surface area contributed by atoms with Crippen LogP contribution in [0.1, 0.15) is 39.8 Å². The Labute approximate surface area is 187 Å². The summed E-state index contributed by atoms with van der Waals surface area (Å²) in [5.74, 6) is -3.10. The number of allylic oxidation sites excluding steroid dienone is 1. The number of pyridine rings is 2. The molecular weight excluding hydrogens is 430 g/mol. The van der Waals surface area contributed by atoms with E-state index >= 15 is 0 Å². The van der Waals surface area contributed by atoms with Crippen molar-refractivity contribution in [3.8, 4) is 5.75 Å². The van der Waals surface area contributed by atoms with Gasteiger partial charge in [-0.15, -0.1) is 0 Å². The first-order valence-electron chi connectivity index (χ1n) is 10.5. The molecule has 7 nitrogen and oxygen atoms in total. The molecule has 1 atom stereocenters. The number of nitrogens with zero attached hydrogens (tertiary/aromatic N) is 4. The summed E-state index contributed by atoms with van der Waals surface area (Å²) in [4.78, 5) is 31.3. The van der Waals surface area contributed by atoms with E-state index in [-0.39, 0.29) is 18.9 Å². The first kappa shape index (κ1) is 20.9. The van der Waals surface area contributed by atoms with Crippen molar-refractivity contribution in [1.82, 2.24) is 14.6 Å². The highest BCUT2D eigenvalue weighted by Crippen LogP contribution is 2.34. The van der Waals surface area contributed by atoms with E-state index in [0.717, 1.165) is 12.1 Å². The van der Waals surface area contributed by atoms with Crippen LogP contribution in [0.2, 0.25) is 0 Å². The number of carbonyl (C=O) groups is 1. The molecule has 2 aromatic heterocycles. The Morgan fingerprint density at radius 1 is 1.06 bits per heavy atom. The highest BCUT2D eigenvalue weighted by molar-refractivity contribution is 5.96. The Morgan fingerprint density at radius 3 is 2.67 bits per heavy atom. The quantitative estimate of drug-likeness (QED) is 0.577. The minimum atomic E-state index is -0.993. The number of hydrogen-bond donors (Lipinski definition) is 1. The summed E-state index contributed by atoms with van der Waals surface area (Å²) < 4.78 is 30.1. The van der Waals surface area contributed by atoms with Crippen LogP contribution in [-0.4, -0.2) is 38.8 Å². The van der Waals surface area contributed by atoms with Crippen molar-refractivity contribution in [2.45, 2.75) is 18.9 Å². The topological polar surface area (TPSA) is 78.7 Å². The number of amides is 1. The first-order valence-corrected chi connectivity index (χ1v) is 10.5. The zero-order chi connectivity index (χ0) is 23.1. The molecule has 33 heavy (non-hydrogen) atoms. The molecule has 0 saturated carbocycles. The van der Waals surface area contributed by atoms with Crippen LogP contribution < -0.4 is 10.4 Å². The fourth-order valence-corrected chi connectivity index (χ4v) is 4.38. The van der Waals surface area contributed by atoms with E-state index in [1.54, 1.807) is 29.4 Å². The molecule has 2 bridgehead atoms.